The van der Waals surface area contributed by atoms with Gasteiger partial charge in [-0.2, -0.15) is 5.06 Å². The van der Waals surface area contributed by atoms with Crippen molar-refractivity contribution >= 4 is 17.5 Å². The number of hydrogen-bond donors (Lipinski definition) is 4. The van der Waals surface area contributed by atoms with E-state index in [1.807, 2.05) is 48.5 Å². The smallest absolute Gasteiger partial charge is 0.240 e. The highest BCUT2D eigenvalue weighted by Gasteiger charge is 2.50. The highest BCUT2D eigenvalue weighted by atomic mass is 16.7. The minimum atomic E-state index is -0.840. The van der Waals surface area contributed by atoms with Crippen molar-refractivity contribution in [2.45, 2.75) is 85.2 Å². The summed E-state index contributed by atoms with van der Waals surface area (Å²) in [5, 5.41) is 28.5. The highest BCUT2D eigenvalue weighted by molar-refractivity contribution is 5.89. The van der Waals surface area contributed by atoms with Gasteiger partial charge in [0.25, 0.3) is 0 Å². The lowest BCUT2D eigenvalue weighted by Crippen LogP contribution is -2.55. The normalized spacial score (nSPS) is 29.1. The van der Waals surface area contributed by atoms with E-state index in [1.165, 1.54) is 6.92 Å². The lowest BCUT2D eigenvalue weighted by Gasteiger charge is -2.45. The number of anilines is 1. The van der Waals surface area contributed by atoms with Crippen molar-refractivity contribution in [3.05, 3.63) is 54.1 Å². The van der Waals surface area contributed by atoms with Gasteiger partial charge in [-0.1, -0.05) is 58.0 Å². The van der Waals surface area contributed by atoms with Crippen LogP contribution in [0.1, 0.15) is 59.9 Å². The molecule has 2 unspecified atom stereocenters. The first-order chi connectivity index (χ1) is 18.9. The fourth-order valence-corrected chi connectivity index (χ4v) is 6.43. The Morgan fingerprint density at radius 2 is 1.82 bits per heavy atom. The van der Waals surface area contributed by atoms with Crippen molar-refractivity contribution in [2.24, 2.45) is 23.2 Å². The largest absolute Gasteiger partial charge is 0.394 e. The first kappa shape index (κ1) is 30.2. The number of benzene rings is 2. The van der Waals surface area contributed by atoms with Gasteiger partial charge in [-0.3, -0.25) is 14.4 Å². The lowest BCUT2D eigenvalue weighted by molar-refractivity contribution is -0.182. The number of nitrogens with zero attached hydrogens (tertiary/aromatic N) is 1. The average molecular weight is 552 g/mol. The molecule has 7 atom stereocenters. The molecule has 1 saturated carbocycles. The highest BCUT2D eigenvalue weighted by Crippen LogP contribution is 2.43. The summed E-state index contributed by atoms with van der Waals surface area (Å²) in [5.41, 5.74) is 3.88. The Balaban J connectivity index is 1.54. The van der Waals surface area contributed by atoms with Crippen LogP contribution in [0.4, 0.5) is 5.69 Å². The number of rotatable bonds is 8. The molecule has 1 heterocycles. The number of carbonyl (C=O) groups is 2. The molecule has 1 aliphatic carbocycles. The molecule has 1 saturated heterocycles. The molecule has 4 N–H and O–H groups in total. The van der Waals surface area contributed by atoms with Crippen molar-refractivity contribution in [1.29, 1.82) is 0 Å². The molecule has 0 spiro atoms. The molecule has 8 heteroatoms. The summed E-state index contributed by atoms with van der Waals surface area (Å²) in [6.07, 6.45) is 0.413. The van der Waals surface area contributed by atoms with E-state index < -0.39 is 24.2 Å². The summed E-state index contributed by atoms with van der Waals surface area (Å²) < 4.78 is 0. The van der Waals surface area contributed by atoms with Crippen molar-refractivity contribution < 1.29 is 24.6 Å². The van der Waals surface area contributed by atoms with E-state index in [9.17, 15) is 19.8 Å². The molecule has 40 heavy (non-hydrogen) atoms. The number of carbonyl (C=O) groups excluding carboxylic acids is 2. The van der Waals surface area contributed by atoms with Crippen LogP contribution in [0.5, 0.6) is 0 Å². The van der Waals surface area contributed by atoms with Crippen LogP contribution in [0, 0.1) is 23.2 Å². The third kappa shape index (κ3) is 6.74. The lowest BCUT2D eigenvalue weighted by atomic mass is 9.64. The summed E-state index contributed by atoms with van der Waals surface area (Å²) in [4.78, 5) is 31.3. The van der Waals surface area contributed by atoms with Gasteiger partial charge >= 0.3 is 0 Å². The molecule has 0 radical (unpaired) electrons. The maximum absolute atomic E-state index is 13.8. The Kier molecular flexibility index (Phi) is 9.35. The topological polar surface area (TPSA) is 111 Å². The van der Waals surface area contributed by atoms with E-state index in [-0.39, 0.29) is 29.9 Å². The fourth-order valence-electron chi connectivity index (χ4n) is 6.43. The molecular weight excluding hydrogens is 506 g/mol. The van der Waals surface area contributed by atoms with E-state index in [4.69, 9.17) is 4.84 Å². The number of nitrogens with one attached hydrogen (secondary N) is 2. The van der Waals surface area contributed by atoms with E-state index in [0.29, 0.717) is 18.4 Å². The van der Waals surface area contributed by atoms with Crippen LogP contribution >= 0.6 is 0 Å². The van der Waals surface area contributed by atoms with Crippen LogP contribution in [-0.4, -0.2) is 58.0 Å². The molecule has 2 amide bonds. The van der Waals surface area contributed by atoms with Gasteiger partial charge in [0.15, 0.2) is 0 Å². The zero-order valence-electron chi connectivity index (χ0n) is 24.6. The minimum Gasteiger partial charge on any atom is -0.394 e. The third-order valence-electron chi connectivity index (χ3n) is 8.99. The molecule has 2 fully saturated rings. The zero-order valence-corrected chi connectivity index (χ0v) is 24.6. The Hall–Kier alpha value is -2.78. The second-order valence-corrected chi connectivity index (χ2v) is 12.5. The summed E-state index contributed by atoms with van der Waals surface area (Å²) in [5.74, 6) is -0.0551. The molecule has 4 rings (SSSR count). The van der Waals surface area contributed by atoms with E-state index in [2.05, 4.69) is 38.3 Å². The van der Waals surface area contributed by atoms with Crippen molar-refractivity contribution in [1.82, 2.24) is 10.4 Å². The first-order valence-corrected chi connectivity index (χ1v) is 14.4. The monoisotopic (exact) mass is 551 g/mol. The van der Waals surface area contributed by atoms with Crippen molar-refractivity contribution in [3.63, 3.8) is 0 Å². The van der Waals surface area contributed by atoms with Crippen LogP contribution in [0.25, 0.3) is 11.1 Å². The van der Waals surface area contributed by atoms with E-state index >= 15 is 0 Å². The van der Waals surface area contributed by atoms with Crippen LogP contribution in [-0.2, 0) is 21.0 Å². The Morgan fingerprint density at radius 3 is 2.45 bits per heavy atom. The molecule has 218 valence electrons. The van der Waals surface area contributed by atoms with Gasteiger partial charge in [-0.25, -0.2) is 0 Å². The molecule has 8 nitrogen and oxygen atoms in total. The molecule has 1 aliphatic heterocycles. The van der Waals surface area contributed by atoms with Gasteiger partial charge < -0.3 is 20.8 Å². The summed E-state index contributed by atoms with van der Waals surface area (Å²) in [6.45, 7) is 12.2. The number of amides is 2. The van der Waals surface area contributed by atoms with Crippen LogP contribution in [0.15, 0.2) is 48.5 Å². The second kappa shape index (κ2) is 12.4. The van der Waals surface area contributed by atoms with Gasteiger partial charge in [0.05, 0.1) is 19.3 Å². The summed E-state index contributed by atoms with van der Waals surface area (Å²) >= 11 is 0. The van der Waals surface area contributed by atoms with Crippen LogP contribution < -0.4 is 10.6 Å². The Labute approximate surface area is 238 Å². The number of hydroxylamine groups is 2. The fraction of sp³-hybridized carbons (Fsp3) is 0.562. The molecule has 0 bridgehead atoms. The van der Waals surface area contributed by atoms with Crippen LogP contribution in [0.3, 0.4) is 0 Å². The molecule has 0 aromatic heterocycles. The predicted molar refractivity (Wildman–Crippen MR) is 156 cm³/mol. The Morgan fingerprint density at radius 1 is 1.12 bits per heavy atom. The van der Waals surface area contributed by atoms with E-state index in [1.54, 1.807) is 12.0 Å². The molecule has 2 aromatic rings. The quantitative estimate of drug-likeness (QED) is 0.388. The van der Waals surface area contributed by atoms with Gasteiger partial charge in [0.2, 0.25) is 11.8 Å². The zero-order chi connectivity index (χ0) is 29.2. The van der Waals surface area contributed by atoms with Gasteiger partial charge in [-0.05, 0) is 71.9 Å². The second-order valence-electron chi connectivity index (χ2n) is 12.5. The van der Waals surface area contributed by atoms with E-state index in [0.717, 1.165) is 35.2 Å². The van der Waals surface area contributed by atoms with Crippen molar-refractivity contribution in [3.8, 4) is 11.1 Å². The molecular formula is C32H45N3O5. The molecule has 2 aromatic carbocycles. The molecule has 2 aliphatic rings. The maximum Gasteiger partial charge on any atom is 0.240 e. The Bertz CT molecular complexity index is 1180. The van der Waals surface area contributed by atoms with Gasteiger partial charge in [0, 0.05) is 24.6 Å². The maximum atomic E-state index is 13.8. The van der Waals surface area contributed by atoms with Crippen LogP contribution in [0.2, 0.25) is 0 Å². The summed E-state index contributed by atoms with van der Waals surface area (Å²) in [7, 11) is 0. The van der Waals surface area contributed by atoms with Gasteiger partial charge in [0.1, 0.15) is 12.1 Å². The SMILES string of the molecule is CC(=O)Nc1ccc(-c2cccc(CN3OC(CO)[C@@H]([C@H](C)O)[C@H]3C(=O)NC3C[C@@H](C)C(C)(C)C[C@@H]3C)c2)cc1. The third-order valence-corrected chi connectivity index (χ3v) is 8.99. The number of hydrogen-bond acceptors (Lipinski definition) is 6. The first-order valence-electron chi connectivity index (χ1n) is 14.4. The average Bonchev–Trinajstić information content (AvgIpc) is 3.26. The number of aliphatic hydroxyl groups is 2. The van der Waals surface area contributed by atoms with Gasteiger partial charge in [-0.15, -0.1) is 0 Å². The van der Waals surface area contributed by atoms with Crippen molar-refractivity contribution in [2.75, 3.05) is 11.9 Å². The minimum absolute atomic E-state index is 0.0454. The summed E-state index contributed by atoms with van der Waals surface area (Å²) in [6, 6.07) is 14.9. The predicted octanol–water partition coefficient (Wildman–Crippen LogP) is 4.36. The number of aliphatic hydroxyl groups excluding tert-OH is 2. The standard InChI is InChI=1S/C32H45N3O5/c1-19-16-32(5,6)20(2)14-27(19)34-31(39)30-29(21(3)37)28(18-36)40-35(30)17-23-8-7-9-25(15-23)24-10-12-26(13-11-24)33-22(4)38/h7-13,15,19-21,27-30,36-37H,14,16-18H2,1-6H3,(H,33,38)(H,34,39)/t19-,20+,21-,27?,28?,29+,30-/m0/s1.